The first-order chi connectivity index (χ1) is 12.9. The Bertz CT molecular complexity index is 968. The smallest absolute Gasteiger partial charge is 0.387 e. The lowest BCUT2D eigenvalue weighted by molar-refractivity contribution is -0.0512. The highest BCUT2D eigenvalue weighted by Crippen LogP contribution is 2.30. The lowest BCUT2D eigenvalue weighted by atomic mass is 10.1. The molecule has 0 saturated heterocycles. The molecule has 0 aliphatic rings. The van der Waals surface area contributed by atoms with E-state index >= 15 is 0 Å². The van der Waals surface area contributed by atoms with E-state index in [1.54, 1.807) is 19.2 Å². The van der Waals surface area contributed by atoms with Crippen molar-refractivity contribution in [3.63, 3.8) is 0 Å². The number of carbonyl (C=O) groups excluding carboxylic acids is 1. The van der Waals surface area contributed by atoms with Gasteiger partial charge in [0.2, 0.25) is 0 Å². The number of hydrogen-bond acceptors (Lipinski definition) is 4. The normalized spacial score (nSPS) is 11.0. The van der Waals surface area contributed by atoms with Gasteiger partial charge in [-0.3, -0.25) is 4.79 Å². The average Bonchev–Trinajstić information content (AvgIpc) is 2.98. The van der Waals surface area contributed by atoms with Crippen LogP contribution in [-0.2, 0) is 6.54 Å². The third-order valence-corrected chi connectivity index (χ3v) is 4.25. The predicted molar refractivity (Wildman–Crippen MR) is 96.4 cm³/mol. The molecule has 0 fully saturated rings. The number of methoxy groups -OCH3 is 1. The molecule has 27 heavy (non-hydrogen) atoms. The maximum atomic E-state index is 12.8. The Morgan fingerprint density at radius 2 is 1.93 bits per heavy atom. The number of carbonyl (C=O) groups is 1. The number of fused-ring (bicyclic) bond motifs is 1. The van der Waals surface area contributed by atoms with Crippen molar-refractivity contribution in [1.29, 1.82) is 0 Å². The molecule has 0 N–H and O–H groups in total. The number of hydrogen-bond donors (Lipinski definition) is 0. The summed E-state index contributed by atoms with van der Waals surface area (Å²) in [6.45, 7) is -0.944. The minimum Gasteiger partial charge on any atom is -0.493 e. The molecule has 3 rings (SSSR count). The zero-order valence-electron chi connectivity index (χ0n) is 15.2. The number of ether oxygens (including phenoxy) is 2. The quantitative estimate of drug-likeness (QED) is 0.631. The van der Waals surface area contributed by atoms with Crippen LogP contribution in [0.25, 0.3) is 11.0 Å². The summed E-state index contributed by atoms with van der Waals surface area (Å²) in [4.78, 5) is 14.2. The molecular weight excluding hydrogens is 356 g/mol. The largest absolute Gasteiger partial charge is 0.493 e. The van der Waals surface area contributed by atoms with Gasteiger partial charge in [-0.25, -0.2) is 0 Å². The number of benzene rings is 2. The third-order valence-electron chi connectivity index (χ3n) is 4.25. The lowest BCUT2D eigenvalue weighted by Gasteiger charge is -2.18. The van der Waals surface area contributed by atoms with Gasteiger partial charge in [0.05, 0.1) is 7.11 Å². The zero-order chi connectivity index (χ0) is 19.6. The molecule has 2 aromatic carbocycles. The highest BCUT2D eigenvalue weighted by molar-refractivity contribution is 5.98. The summed E-state index contributed by atoms with van der Waals surface area (Å²) in [6, 6.07) is 12.1. The molecular formula is C20H19F2NO4. The fourth-order valence-electron chi connectivity index (χ4n) is 2.90. The number of para-hydroxylation sites is 1. The first-order valence-corrected chi connectivity index (χ1v) is 8.26. The van der Waals surface area contributed by atoms with Crippen molar-refractivity contribution >= 4 is 16.9 Å². The van der Waals surface area contributed by atoms with Crippen molar-refractivity contribution in [2.24, 2.45) is 0 Å². The third kappa shape index (κ3) is 3.86. The van der Waals surface area contributed by atoms with Gasteiger partial charge in [-0.2, -0.15) is 8.78 Å². The molecule has 0 aliphatic carbocycles. The van der Waals surface area contributed by atoms with Crippen LogP contribution in [0.2, 0.25) is 0 Å². The summed E-state index contributed by atoms with van der Waals surface area (Å²) >= 11 is 0. The van der Waals surface area contributed by atoms with Gasteiger partial charge in [-0.05, 0) is 30.7 Å². The van der Waals surface area contributed by atoms with E-state index in [1.807, 2.05) is 25.1 Å². The zero-order valence-corrected chi connectivity index (χ0v) is 15.2. The molecule has 1 heterocycles. The molecule has 1 amide bonds. The molecule has 1 aromatic heterocycles. The number of halogens is 2. The summed E-state index contributed by atoms with van der Waals surface area (Å²) in [5.74, 6) is 0.0824. The van der Waals surface area contributed by atoms with Crippen LogP contribution in [0.4, 0.5) is 8.78 Å². The van der Waals surface area contributed by atoms with Crippen molar-refractivity contribution in [1.82, 2.24) is 4.90 Å². The summed E-state index contributed by atoms with van der Waals surface area (Å²) in [6.07, 6.45) is 0. The van der Waals surface area contributed by atoms with Gasteiger partial charge >= 0.3 is 6.61 Å². The minimum absolute atomic E-state index is 0.0780. The van der Waals surface area contributed by atoms with Crippen LogP contribution >= 0.6 is 0 Å². The number of alkyl halides is 2. The van der Waals surface area contributed by atoms with Gasteiger partial charge in [0.1, 0.15) is 5.58 Å². The monoisotopic (exact) mass is 375 g/mol. The first kappa shape index (κ1) is 18.7. The van der Waals surface area contributed by atoms with Crippen LogP contribution in [0.1, 0.15) is 21.7 Å². The predicted octanol–water partition coefficient (Wildman–Crippen LogP) is 4.62. The van der Waals surface area contributed by atoms with E-state index in [1.165, 1.54) is 24.1 Å². The second-order valence-electron chi connectivity index (χ2n) is 6.08. The summed E-state index contributed by atoms with van der Waals surface area (Å²) in [5, 5.41) is 0.881. The van der Waals surface area contributed by atoms with Crippen LogP contribution in [0, 0.1) is 6.92 Å². The van der Waals surface area contributed by atoms with Crippen LogP contribution in [0.5, 0.6) is 11.5 Å². The van der Waals surface area contributed by atoms with E-state index in [0.29, 0.717) is 11.1 Å². The summed E-state index contributed by atoms with van der Waals surface area (Å²) in [5.41, 5.74) is 2.03. The van der Waals surface area contributed by atoms with Crippen molar-refractivity contribution < 1.29 is 27.5 Å². The van der Waals surface area contributed by atoms with E-state index in [-0.39, 0.29) is 29.7 Å². The molecule has 0 spiro atoms. The highest BCUT2D eigenvalue weighted by atomic mass is 19.3. The molecule has 0 atom stereocenters. The van der Waals surface area contributed by atoms with Gasteiger partial charge in [-0.15, -0.1) is 0 Å². The van der Waals surface area contributed by atoms with E-state index in [2.05, 4.69) is 4.74 Å². The lowest BCUT2D eigenvalue weighted by Crippen LogP contribution is -2.26. The van der Waals surface area contributed by atoms with E-state index < -0.39 is 6.61 Å². The highest BCUT2D eigenvalue weighted by Gasteiger charge is 2.21. The maximum absolute atomic E-state index is 12.8. The topological polar surface area (TPSA) is 51.9 Å². The Kier molecular flexibility index (Phi) is 5.30. The van der Waals surface area contributed by atoms with Gasteiger partial charge < -0.3 is 18.8 Å². The van der Waals surface area contributed by atoms with Gasteiger partial charge in [0.25, 0.3) is 5.91 Å². The van der Waals surface area contributed by atoms with E-state index in [4.69, 9.17) is 9.15 Å². The van der Waals surface area contributed by atoms with E-state index in [9.17, 15) is 13.6 Å². The number of aryl methyl sites for hydroxylation is 1. The van der Waals surface area contributed by atoms with Crippen molar-refractivity contribution in [3.05, 3.63) is 59.4 Å². The fourth-order valence-corrected chi connectivity index (χ4v) is 2.90. The van der Waals surface area contributed by atoms with E-state index in [0.717, 1.165) is 10.9 Å². The van der Waals surface area contributed by atoms with Gasteiger partial charge in [-0.1, -0.05) is 24.3 Å². The Balaban J connectivity index is 1.82. The van der Waals surface area contributed by atoms with Crippen LogP contribution in [-0.4, -0.2) is 31.6 Å². The van der Waals surface area contributed by atoms with Crippen LogP contribution in [0.3, 0.4) is 0 Å². The van der Waals surface area contributed by atoms with Crippen molar-refractivity contribution in [2.45, 2.75) is 20.1 Å². The second-order valence-corrected chi connectivity index (χ2v) is 6.08. The SMILES string of the molecule is COc1ccc(CN(C)C(=O)c2oc3ccccc3c2C)cc1OC(F)F. The first-order valence-electron chi connectivity index (χ1n) is 8.26. The summed E-state index contributed by atoms with van der Waals surface area (Å²) < 4.78 is 40.3. The molecule has 3 aromatic rings. The van der Waals surface area contributed by atoms with Crippen LogP contribution in [0.15, 0.2) is 46.9 Å². The number of rotatable bonds is 6. The molecule has 0 saturated carbocycles. The molecule has 0 unspecified atom stereocenters. The maximum Gasteiger partial charge on any atom is 0.387 e. The molecule has 5 nitrogen and oxygen atoms in total. The summed E-state index contributed by atoms with van der Waals surface area (Å²) in [7, 11) is 2.99. The van der Waals surface area contributed by atoms with Gasteiger partial charge in [0.15, 0.2) is 17.3 Å². The molecule has 0 bridgehead atoms. The fraction of sp³-hybridized carbons (Fsp3) is 0.250. The standard InChI is InChI=1S/C20H19F2NO4/c1-12-14-6-4-5-7-15(14)26-18(12)19(24)23(2)11-13-8-9-16(25-3)17(10-13)27-20(21)22/h4-10,20H,11H2,1-3H3. The number of amides is 1. The van der Waals surface area contributed by atoms with Crippen LogP contribution < -0.4 is 9.47 Å². The Labute approximate surface area is 155 Å². The van der Waals surface area contributed by atoms with Crippen molar-refractivity contribution in [2.75, 3.05) is 14.2 Å². The molecule has 0 aliphatic heterocycles. The minimum atomic E-state index is -2.97. The average molecular weight is 375 g/mol. The Morgan fingerprint density at radius 1 is 1.19 bits per heavy atom. The molecule has 142 valence electrons. The number of furan rings is 1. The molecule has 7 heteroatoms. The van der Waals surface area contributed by atoms with Gasteiger partial charge in [0, 0.05) is 24.5 Å². The molecule has 0 radical (unpaired) electrons. The second kappa shape index (κ2) is 7.65. The Hall–Kier alpha value is -3.09. The van der Waals surface area contributed by atoms with Crippen molar-refractivity contribution in [3.8, 4) is 11.5 Å². The number of nitrogens with zero attached hydrogens (tertiary/aromatic N) is 1. The Morgan fingerprint density at radius 3 is 2.59 bits per heavy atom.